The molecule has 1 N–H and O–H groups in total. The molecule has 2 aromatic rings. The average molecular weight is 378 g/mol. The molecule has 1 amide bonds. The molecule has 0 aliphatic carbocycles. The number of aryl methyl sites for hydroxylation is 1. The Morgan fingerprint density at radius 1 is 1.35 bits per heavy atom. The topological polar surface area (TPSA) is 75.5 Å². The first kappa shape index (κ1) is 18.1. The highest BCUT2D eigenvalue weighted by atomic mass is 35.5. The van der Waals surface area contributed by atoms with E-state index in [2.05, 4.69) is 5.32 Å². The lowest BCUT2D eigenvalue weighted by Gasteiger charge is -2.18. The van der Waals surface area contributed by atoms with Gasteiger partial charge in [0.25, 0.3) is 5.69 Å². The summed E-state index contributed by atoms with van der Waals surface area (Å²) in [6.45, 7) is 2.60. The van der Waals surface area contributed by atoms with Gasteiger partial charge in [-0.15, -0.1) is 0 Å². The van der Waals surface area contributed by atoms with Crippen molar-refractivity contribution >= 4 is 28.9 Å². The van der Waals surface area contributed by atoms with Gasteiger partial charge in [0, 0.05) is 24.7 Å². The Morgan fingerprint density at radius 3 is 2.69 bits per heavy atom. The molecule has 0 radical (unpaired) electrons. The molecule has 0 saturated carbocycles. The summed E-state index contributed by atoms with van der Waals surface area (Å²) >= 11 is 6.13. The largest absolute Gasteiger partial charge is 0.372 e. The SMILES string of the molecule is Cc1cc(NC2CCN(Cc3ccc(F)cc3)C2=O)c(Cl)cc1[N+](=O)[O-]. The van der Waals surface area contributed by atoms with Gasteiger partial charge >= 0.3 is 0 Å². The van der Waals surface area contributed by atoms with Gasteiger partial charge in [-0.3, -0.25) is 14.9 Å². The highest BCUT2D eigenvalue weighted by Gasteiger charge is 2.32. The second-order valence-electron chi connectivity index (χ2n) is 6.25. The van der Waals surface area contributed by atoms with Crippen LogP contribution in [0, 0.1) is 22.9 Å². The van der Waals surface area contributed by atoms with Crippen LogP contribution in [-0.4, -0.2) is 28.3 Å². The van der Waals surface area contributed by atoms with Crippen LogP contribution < -0.4 is 5.32 Å². The molecular weight excluding hydrogens is 361 g/mol. The van der Waals surface area contributed by atoms with E-state index in [9.17, 15) is 19.3 Å². The Hall–Kier alpha value is -2.67. The van der Waals surface area contributed by atoms with Gasteiger partial charge in [-0.1, -0.05) is 23.7 Å². The van der Waals surface area contributed by atoms with E-state index < -0.39 is 11.0 Å². The number of halogens is 2. The fourth-order valence-electron chi connectivity index (χ4n) is 3.01. The van der Waals surface area contributed by atoms with Gasteiger partial charge in [-0.25, -0.2) is 4.39 Å². The first-order valence-corrected chi connectivity index (χ1v) is 8.47. The van der Waals surface area contributed by atoms with Crippen molar-refractivity contribution in [2.75, 3.05) is 11.9 Å². The van der Waals surface area contributed by atoms with Crippen molar-refractivity contribution in [1.29, 1.82) is 0 Å². The summed E-state index contributed by atoms with van der Waals surface area (Å²) in [6.07, 6.45) is 0.590. The normalized spacial score (nSPS) is 16.8. The Bertz CT molecular complexity index is 858. The number of likely N-dealkylation sites (tertiary alicyclic amines) is 1. The molecule has 8 heteroatoms. The molecule has 0 bridgehead atoms. The predicted octanol–water partition coefficient (Wildman–Crippen LogP) is 3.91. The number of carbonyl (C=O) groups is 1. The van der Waals surface area contributed by atoms with Crippen LogP contribution in [0.3, 0.4) is 0 Å². The molecule has 1 saturated heterocycles. The number of carbonyl (C=O) groups excluding carboxylic acids is 1. The minimum atomic E-state index is -0.490. The van der Waals surface area contributed by atoms with Crippen LogP contribution in [0.4, 0.5) is 15.8 Å². The van der Waals surface area contributed by atoms with Crippen LogP contribution in [0.1, 0.15) is 17.5 Å². The molecule has 136 valence electrons. The van der Waals surface area contributed by atoms with E-state index in [0.717, 1.165) is 5.56 Å². The van der Waals surface area contributed by atoms with Crippen LogP contribution >= 0.6 is 11.6 Å². The summed E-state index contributed by atoms with van der Waals surface area (Å²) in [5.74, 6) is -0.398. The van der Waals surface area contributed by atoms with Crippen LogP contribution in [-0.2, 0) is 11.3 Å². The summed E-state index contributed by atoms with van der Waals surface area (Å²) in [6, 6.07) is 8.45. The Balaban J connectivity index is 1.70. The zero-order chi connectivity index (χ0) is 18.8. The van der Waals surface area contributed by atoms with Crippen LogP contribution in [0.2, 0.25) is 5.02 Å². The minimum absolute atomic E-state index is 0.0590. The monoisotopic (exact) mass is 377 g/mol. The molecule has 0 spiro atoms. The number of nitrogens with zero attached hydrogens (tertiary/aromatic N) is 2. The maximum Gasteiger partial charge on any atom is 0.273 e. The third-order valence-electron chi connectivity index (χ3n) is 4.40. The molecule has 1 unspecified atom stereocenters. The first-order valence-electron chi connectivity index (χ1n) is 8.09. The van der Waals surface area contributed by atoms with Gasteiger partial charge in [-0.2, -0.15) is 0 Å². The molecule has 3 rings (SSSR count). The molecule has 0 aromatic heterocycles. The van der Waals surface area contributed by atoms with E-state index in [-0.39, 0.29) is 22.4 Å². The third-order valence-corrected chi connectivity index (χ3v) is 4.71. The summed E-state index contributed by atoms with van der Waals surface area (Å²) in [5.41, 5.74) is 1.76. The zero-order valence-electron chi connectivity index (χ0n) is 14.0. The number of nitrogens with one attached hydrogen (secondary N) is 1. The summed E-state index contributed by atoms with van der Waals surface area (Å²) in [4.78, 5) is 24.8. The molecular formula is C18H17ClFN3O3. The number of nitro benzene ring substituents is 1. The molecule has 1 aliphatic heterocycles. The van der Waals surface area contributed by atoms with E-state index in [1.54, 1.807) is 30.0 Å². The zero-order valence-corrected chi connectivity index (χ0v) is 14.8. The highest BCUT2D eigenvalue weighted by Crippen LogP contribution is 2.32. The lowest BCUT2D eigenvalue weighted by Crippen LogP contribution is -2.33. The second kappa shape index (κ2) is 7.29. The standard InChI is InChI=1S/C18H17ClFN3O3/c1-11-8-16(14(19)9-17(11)23(25)26)21-15-6-7-22(18(15)24)10-12-2-4-13(20)5-3-12/h2-5,8-9,15,21H,6-7,10H2,1H3. The van der Waals surface area contributed by atoms with E-state index in [0.29, 0.717) is 30.8 Å². The Morgan fingerprint density at radius 2 is 2.04 bits per heavy atom. The van der Waals surface area contributed by atoms with Gasteiger partial charge in [0.2, 0.25) is 5.91 Å². The highest BCUT2D eigenvalue weighted by molar-refractivity contribution is 6.33. The van der Waals surface area contributed by atoms with Crippen molar-refractivity contribution in [2.45, 2.75) is 25.9 Å². The number of anilines is 1. The second-order valence-corrected chi connectivity index (χ2v) is 6.65. The molecule has 2 aromatic carbocycles. The summed E-state index contributed by atoms with van der Waals surface area (Å²) in [5, 5.41) is 14.2. The summed E-state index contributed by atoms with van der Waals surface area (Å²) < 4.78 is 13.0. The maximum atomic E-state index is 13.0. The number of rotatable bonds is 5. The number of nitro groups is 1. The third kappa shape index (κ3) is 3.77. The molecule has 26 heavy (non-hydrogen) atoms. The lowest BCUT2D eigenvalue weighted by molar-refractivity contribution is -0.385. The quantitative estimate of drug-likeness (QED) is 0.633. The van der Waals surface area contributed by atoms with Crippen molar-refractivity contribution in [3.63, 3.8) is 0 Å². The minimum Gasteiger partial charge on any atom is -0.372 e. The predicted molar refractivity (Wildman–Crippen MR) is 96.7 cm³/mol. The molecule has 1 heterocycles. The van der Waals surface area contributed by atoms with Crippen molar-refractivity contribution in [2.24, 2.45) is 0 Å². The molecule has 1 aliphatic rings. The van der Waals surface area contributed by atoms with Crippen LogP contribution in [0.25, 0.3) is 0 Å². The fraction of sp³-hybridized carbons (Fsp3) is 0.278. The maximum absolute atomic E-state index is 13.0. The van der Waals surface area contributed by atoms with E-state index in [1.807, 2.05) is 0 Å². The number of hydrogen-bond donors (Lipinski definition) is 1. The van der Waals surface area contributed by atoms with Crippen molar-refractivity contribution in [3.05, 3.63) is 68.5 Å². The van der Waals surface area contributed by atoms with Crippen molar-refractivity contribution < 1.29 is 14.1 Å². The lowest BCUT2D eigenvalue weighted by atomic mass is 10.1. The average Bonchev–Trinajstić information content (AvgIpc) is 2.93. The van der Waals surface area contributed by atoms with Crippen molar-refractivity contribution in [3.8, 4) is 0 Å². The number of hydrogen-bond acceptors (Lipinski definition) is 4. The van der Waals surface area contributed by atoms with Gasteiger partial charge < -0.3 is 10.2 Å². The van der Waals surface area contributed by atoms with Gasteiger partial charge in [0.15, 0.2) is 0 Å². The molecule has 1 fully saturated rings. The Kier molecular flexibility index (Phi) is 5.08. The van der Waals surface area contributed by atoms with E-state index in [4.69, 9.17) is 11.6 Å². The van der Waals surface area contributed by atoms with E-state index in [1.165, 1.54) is 18.2 Å². The number of amides is 1. The van der Waals surface area contributed by atoms with Gasteiger partial charge in [0.1, 0.15) is 11.9 Å². The summed E-state index contributed by atoms with van der Waals surface area (Å²) in [7, 11) is 0. The van der Waals surface area contributed by atoms with Crippen molar-refractivity contribution in [1.82, 2.24) is 4.90 Å². The molecule has 1 atom stereocenters. The van der Waals surface area contributed by atoms with E-state index >= 15 is 0 Å². The smallest absolute Gasteiger partial charge is 0.273 e. The van der Waals surface area contributed by atoms with Gasteiger partial charge in [-0.05, 0) is 37.1 Å². The molecule has 6 nitrogen and oxygen atoms in total. The van der Waals surface area contributed by atoms with Gasteiger partial charge in [0.05, 0.1) is 15.6 Å². The fourth-order valence-corrected chi connectivity index (χ4v) is 3.22. The Labute approximate surface area is 154 Å². The van der Waals surface area contributed by atoms with Crippen LogP contribution in [0.15, 0.2) is 36.4 Å². The number of benzene rings is 2. The van der Waals surface area contributed by atoms with Crippen LogP contribution in [0.5, 0.6) is 0 Å². The first-order chi connectivity index (χ1) is 12.3.